The zero-order valence-electron chi connectivity index (χ0n) is 21.3. The molecule has 0 atom stereocenters. The average Bonchev–Trinajstić information content (AvgIpc) is 3.56. The van der Waals surface area contributed by atoms with Crippen LogP contribution >= 0.6 is 0 Å². The van der Waals surface area contributed by atoms with Crippen molar-refractivity contribution in [1.82, 2.24) is 9.55 Å². The van der Waals surface area contributed by atoms with Crippen molar-refractivity contribution < 1.29 is 29.7 Å². The van der Waals surface area contributed by atoms with Crippen molar-refractivity contribution in [1.29, 1.82) is 0 Å². The molecular formula is C33H25N3O2Zn. The van der Waals surface area contributed by atoms with Crippen molar-refractivity contribution in [2.75, 3.05) is 0 Å². The van der Waals surface area contributed by atoms with E-state index in [0.29, 0.717) is 5.75 Å². The minimum atomic E-state index is 0. The predicted molar refractivity (Wildman–Crippen MR) is 153 cm³/mol. The number of nitrogens with zero attached hydrogens (tertiary/aromatic N) is 3. The maximum Gasteiger partial charge on any atom is 0.149 e. The summed E-state index contributed by atoms with van der Waals surface area (Å²) in [4.78, 5) is 9.26. The Bertz CT molecular complexity index is 1780. The van der Waals surface area contributed by atoms with Crippen molar-refractivity contribution >= 4 is 22.4 Å². The largest absolute Gasteiger partial charge is 0.507 e. The Labute approximate surface area is 239 Å². The van der Waals surface area contributed by atoms with Crippen molar-refractivity contribution in [2.24, 2.45) is 4.99 Å². The van der Waals surface area contributed by atoms with Crippen LogP contribution in [0.3, 0.4) is 0 Å². The van der Waals surface area contributed by atoms with Crippen LogP contribution in [0, 0.1) is 0 Å². The zero-order chi connectivity index (χ0) is 25.9. The van der Waals surface area contributed by atoms with Crippen molar-refractivity contribution in [3.8, 4) is 28.6 Å². The fourth-order valence-corrected chi connectivity index (χ4v) is 4.72. The molecule has 0 spiro atoms. The maximum absolute atomic E-state index is 10.2. The van der Waals surface area contributed by atoms with E-state index >= 15 is 0 Å². The number of phenols is 2. The second kappa shape index (κ2) is 11.5. The number of imidazole rings is 1. The summed E-state index contributed by atoms with van der Waals surface area (Å²) < 4.78 is 2.07. The van der Waals surface area contributed by atoms with Gasteiger partial charge in [-0.3, -0.25) is 9.56 Å². The van der Waals surface area contributed by atoms with Crippen LogP contribution in [-0.2, 0) is 25.9 Å². The molecule has 6 aromatic rings. The maximum atomic E-state index is 10.2. The van der Waals surface area contributed by atoms with E-state index in [1.807, 2.05) is 109 Å². The van der Waals surface area contributed by atoms with Gasteiger partial charge < -0.3 is 10.2 Å². The summed E-state index contributed by atoms with van der Waals surface area (Å²) in [6.45, 7) is 0. The summed E-state index contributed by atoms with van der Waals surface area (Å²) >= 11 is 0. The molecule has 6 heteroatoms. The molecule has 2 heterocycles. The van der Waals surface area contributed by atoms with Gasteiger partial charge in [-0.1, -0.05) is 72.8 Å². The van der Waals surface area contributed by atoms with Crippen LogP contribution in [0.15, 0.2) is 132 Å². The number of hydrogen-bond donors (Lipinski definition) is 2. The Hall–Kier alpha value is -4.54. The van der Waals surface area contributed by atoms with Crippen molar-refractivity contribution in [3.05, 3.63) is 139 Å². The summed E-state index contributed by atoms with van der Waals surface area (Å²) in [5.74, 6) is 1.27. The first-order valence-electron chi connectivity index (χ1n) is 12.4. The Kier molecular flexibility index (Phi) is 7.67. The van der Waals surface area contributed by atoms with Crippen LogP contribution in [0.1, 0.15) is 11.1 Å². The van der Waals surface area contributed by atoms with Gasteiger partial charge in [0, 0.05) is 37.1 Å². The molecule has 7 rings (SSSR count). The van der Waals surface area contributed by atoms with Gasteiger partial charge in [-0.15, -0.1) is 0 Å². The van der Waals surface area contributed by atoms with Crippen LogP contribution in [0.4, 0.5) is 5.69 Å². The SMILES string of the molecule is Oc1ccccc1-c1nc2ccccc2n1-c1ccccc1.Oc1ccccc1C1=Nc2ccccc2C1.[Zn]. The fourth-order valence-electron chi connectivity index (χ4n) is 4.72. The summed E-state index contributed by atoms with van der Waals surface area (Å²) in [6, 6.07) is 40.8. The third-order valence-corrected chi connectivity index (χ3v) is 6.54. The number of aromatic hydroxyl groups is 2. The third-order valence-electron chi connectivity index (χ3n) is 6.54. The molecule has 186 valence electrons. The Balaban J connectivity index is 0.000000161. The Morgan fingerprint density at radius 2 is 1.18 bits per heavy atom. The molecule has 39 heavy (non-hydrogen) atoms. The number of fused-ring (bicyclic) bond motifs is 2. The summed E-state index contributed by atoms with van der Waals surface area (Å²) in [5.41, 5.74) is 7.69. The van der Waals surface area contributed by atoms with Gasteiger partial charge in [-0.05, 0) is 60.2 Å². The molecule has 2 N–H and O–H groups in total. The molecule has 0 bridgehead atoms. The molecule has 1 aromatic heterocycles. The van der Waals surface area contributed by atoms with E-state index in [4.69, 9.17) is 4.98 Å². The third kappa shape index (κ3) is 5.25. The monoisotopic (exact) mass is 559 g/mol. The number of para-hydroxylation sites is 6. The van der Waals surface area contributed by atoms with Gasteiger partial charge >= 0.3 is 0 Å². The molecule has 0 fully saturated rings. The number of rotatable bonds is 3. The van der Waals surface area contributed by atoms with E-state index in [2.05, 4.69) is 15.6 Å². The Morgan fingerprint density at radius 3 is 1.90 bits per heavy atom. The molecule has 0 amide bonds. The molecule has 1 aliphatic heterocycles. The van der Waals surface area contributed by atoms with Crippen LogP contribution in [-0.4, -0.2) is 25.5 Å². The summed E-state index contributed by atoms with van der Waals surface area (Å²) in [7, 11) is 0. The van der Waals surface area contributed by atoms with E-state index in [0.717, 1.165) is 51.5 Å². The van der Waals surface area contributed by atoms with E-state index in [9.17, 15) is 10.2 Å². The van der Waals surface area contributed by atoms with Gasteiger partial charge in [0.05, 0.1) is 28.0 Å². The van der Waals surface area contributed by atoms with Gasteiger partial charge in [0.2, 0.25) is 0 Å². The minimum Gasteiger partial charge on any atom is -0.507 e. The molecule has 0 radical (unpaired) electrons. The first-order valence-corrected chi connectivity index (χ1v) is 12.4. The minimum absolute atomic E-state index is 0. The molecule has 0 saturated heterocycles. The van der Waals surface area contributed by atoms with E-state index < -0.39 is 0 Å². The normalized spacial score (nSPS) is 11.6. The molecule has 5 nitrogen and oxygen atoms in total. The van der Waals surface area contributed by atoms with Gasteiger partial charge in [0.25, 0.3) is 0 Å². The van der Waals surface area contributed by atoms with Crippen LogP contribution in [0.5, 0.6) is 11.5 Å². The Morgan fingerprint density at radius 1 is 0.590 bits per heavy atom. The van der Waals surface area contributed by atoms with Crippen molar-refractivity contribution in [2.45, 2.75) is 6.42 Å². The van der Waals surface area contributed by atoms with Crippen molar-refractivity contribution in [3.63, 3.8) is 0 Å². The van der Waals surface area contributed by atoms with Crippen LogP contribution in [0.25, 0.3) is 28.1 Å². The van der Waals surface area contributed by atoms with Gasteiger partial charge in [-0.25, -0.2) is 4.98 Å². The summed E-state index contributed by atoms with van der Waals surface area (Å²) in [5, 5.41) is 20.0. The smallest absolute Gasteiger partial charge is 0.149 e. The molecule has 0 saturated carbocycles. The second-order valence-electron chi connectivity index (χ2n) is 8.99. The first kappa shape index (κ1) is 26.1. The van der Waals surface area contributed by atoms with Gasteiger partial charge in [0.1, 0.15) is 17.3 Å². The van der Waals surface area contributed by atoms with Crippen LogP contribution in [0.2, 0.25) is 0 Å². The number of hydrogen-bond acceptors (Lipinski definition) is 4. The molecule has 0 aliphatic carbocycles. The quantitative estimate of drug-likeness (QED) is 0.221. The summed E-state index contributed by atoms with van der Waals surface area (Å²) in [6.07, 6.45) is 0.799. The molecule has 0 unspecified atom stereocenters. The number of aromatic nitrogens is 2. The number of aliphatic imine (C=N–C) groups is 1. The number of benzene rings is 5. The van der Waals surface area contributed by atoms with Gasteiger partial charge in [-0.2, -0.15) is 0 Å². The zero-order valence-corrected chi connectivity index (χ0v) is 24.2. The average molecular weight is 561 g/mol. The predicted octanol–water partition coefficient (Wildman–Crippen LogP) is 7.46. The molecule has 1 aliphatic rings. The molecule has 5 aromatic carbocycles. The van der Waals surface area contributed by atoms with E-state index in [-0.39, 0.29) is 25.2 Å². The standard InChI is InChI=1S/C19H14N2O.C14H11NO.Zn/c22-18-13-7-4-10-15(18)19-20-16-11-5-6-12-17(16)21(19)14-8-2-1-3-9-14;16-14-8-4-2-6-11(14)13-9-10-5-1-3-7-12(10)15-13;/h1-13,22H;1-8,16H,9H2;. The second-order valence-corrected chi connectivity index (χ2v) is 8.99. The van der Waals surface area contributed by atoms with E-state index in [1.54, 1.807) is 12.1 Å². The fraction of sp³-hybridized carbons (Fsp3) is 0.0303. The number of phenolic OH excluding ortho intramolecular Hbond substituents is 2. The van der Waals surface area contributed by atoms with E-state index in [1.165, 1.54) is 5.56 Å². The first-order chi connectivity index (χ1) is 18.7. The topological polar surface area (TPSA) is 70.6 Å². The molecular weight excluding hydrogens is 536 g/mol. The van der Waals surface area contributed by atoms with Gasteiger partial charge in [0.15, 0.2) is 0 Å². The van der Waals surface area contributed by atoms with Crippen LogP contribution < -0.4 is 0 Å².